The van der Waals surface area contributed by atoms with E-state index in [0.29, 0.717) is 11.1 Å². The van der Waals surface area contributed by atoms with Crippen LogP contribution in [0.3, 0.4) is 0 Å². The van der Waals surface area contributed by atoms with Crippen LogP contribution in [0.4, 0.5) is 17.6 Å². The number of aromatic nitrogens is 1. The fraction of sp³-hybridized carbons (Fsp3) is 0.375. The molecule has 0 saturated carbocycles. The average Bonchev–Trinajstić information content (AvgIpc) is 3.48. The lowest BCUT2D eigenvalue weighted by Crippen LogP contribution is -2.52. The average molecular weight is 645 g/mol. The molecule has 3 amide bonds. The van der Waals surface area contributed by atoms with Gasteiger partial charge in [-0.1, -0.05) is 0 Å². The summed E-state index contributed by atoms with van der Waals surface area (Å²) in [7, 11) is 1.57. The Morgan fingerprint density at radius 3 is 2.35 bits per heavy atom. The topological polar surface area (TPSA) is 141 Å². The van der Waals surface area contributed by atoms with Crippen molar-refractivity contribution in [2.24, 2.45) is 0 Å². The molecule has 4 N–H and O–H groups in total. The molecule has 0 unspecified atom stereocenters. The Bertz CT molecular complexity index is 1720. The van der Waals surface area contributed by atoms with Crippen molar-refractivity contribution in [3.8, 4) is 17.0 Å². The third-order valence-electron chi connectivity index (χ3n) is 8.12. The first-order chi connectivity index (χ1) is 21.3. The van der Waals surface area contributed by atoms with Gasteiger partial charge in [0.25, 0.3) is 11.8 Å². The van der Waals surface area contributed by atoms with Crippen LogP contribution in [0.25, 0.3) is 11.3 Å². The molecule has 10 nitrogen and oxygen atoms in total. The third-order valence-corrected chi connectivity index (χ3v) is 8.12. The molecule has 3 heterocycles. The molecule has 2 aliphatic heterocycles. The third kappa shape index (κ3) is 5.89. The maximum Gasteiger partial charge on any atom is 0.424 e. The lowest BCUT2D eigenvalue weighted by Gasteiger charge is -2.32. The Hall–Kier alpha value is -4.56. The quantitative estimate of drug-likeness (QED) is 0.276. The molecule has 0 saturated heterocycles. The molecule has 3 aromatic rings. The first-order valence-electron chi connectivity index (χ1n) is 14.3. The minimum Gasteiger partial charge on any atom is -0.489 e. The van der Waals surface area contributed by atoms with E-state index in [0.717, 1.165) is 18.2 Å². The SMILES string of the molecule is CN1Cc2cc(C(=O)NC[C@](O)(c3cc4c(c(-c5ccc(F)cc5)n3)OC[C@]4(C)C(=O)NCC(C)(C)O)C(F)(F)F)ccc2C1=O. The number of nitrogens with zero attached hydrogens (tertiary/aromatic N) is 2. The second-order valence-corrected chi connectivity index (χ2v) is 12.4. The molecular formula is C32H32F4N4O6. The van der Waals surface area contributed by atoms with Crippen LogP contribution in [-0.4, -0.2) is 76.3 Å². The number of ether oxygens (including phenoxy) is 1. The summed E-state index contributed by atoms with van der Waals surface area (Å²) in [5.41, 5.74) is -6.78. The van der Waals surface area contributed by atoms with Crippen LogP contribution in [-0.2, 0) is 22.4 Å². The lowest BCUT2D eigenvalue weighted by atomic mass is 9.81. The molecule has 0 fully saturated rings. The number of amides is 3. The van der Waals surface area contributed by atoms with Crippen LogP contribution < -0.4 is 15.4 Å². The van der Waals surface area contributed by atoms with Gasteiger partial charge in [-0.2, -0.15) is 13.2 Å². The fourth-order valence-corrected chi connectivity index (χ4v) is 5.33. The summed E-state index contributed by atoms with van der Waals surface area (Å²) in [6, 6.07) is 9.68. The molecule has 2 aliphatic rings. The second kappa shape index (κ2) is 11.4. The highest BCUT2D eigenvalue weighted by molar-refractivity contribution is 6.01. The number of aliphatic hydroxyl groups is 2. The van der Waals surface area contributed by atoms with E-state index in [9.17, 15) is 42.2 Å². The molecule has 2 atom stereocenters. The van der Waals surface area contributed by atoms with Crippen molar-refractivity contribution in [2.45, 2.75) is 50.1 Å². The largest absolute Gasteiger partial charge is 0.489 e. The zero-order valence-corrected chi connectivity index (χ0v) is 25.4. The van der Waals surface area contributed by atoms with Crippen molar-refractivity contribution >= 4 is 17.7 Å². The Labute approximate surface area is 261 Å². The first kappa shape index (κ1) is 32.8. The normalized spacial score (nSPS) is 18.8. The number of fused-ring (bicyclic) bond motifs is 2. The molecule has 0 aliphatic carbocycles. The van der Waals surface area contributed by atoms with Crippen molar-refractivity contribution in [3.05, 3.63) is 82.3 Å². The van der Waals surface area contributed by atoms with E-state index in [4.69, 9.17) is 4.74 Å². The van der Waals surface area contributed by atoms with Crippen LogP contribution in [0.1, 0.15) is 58.3 Å². The monoisotopic (exact) mass is 644 g/mol. The Morgan fingerprint density at radius 2 is 1.72 bits per heavy atom. The van der Waals surface area contributed by atoms with Crippen molar-refractivity contribution in [3.63, 3.8) is 0 Å². The molecule has 0 bridgehead atoms. The van der Waals surface area contributed by atoms with E-state index in [2.05, 4.69) is 15.6 Å². The number of pyridine rings is 1. The number of hydrogen-bond acceptors (Lipinski definition) is 7. The Kier molecular flexibility index (Phi) is 8.10. The highest BCUT2D eigenvalue weighted by Crippen LogP contribution is 2.48. The number of nitrogens with one attached hydrogen (secondary N) is 2. The van der Waals surface area contributed by atoms with Gasteiger partial charge < -0.3 is 30.5 Å². The van der Waals surface area contributed by atoms with Gasteiger partial charge in [-0.25, -0.2) is 9.37 Å². The van der Waals surface area contributed by atoms with Crippen molar-refractivity contribution in [1.82, 2.24) is 20.5 Å². The van der Waals surface area contributed by atoms with E-state index in [1.807, 2.05) is 0 Å². The molecule has 2 aromatic carbocycles. The van der Waals surface area contributed by atoms with Gasteiger partial charge in [0.1, 0.15) is 29.3 Å². The standard InChI is InChI=1S/C32H32F4N4O6/c1-29(2,44)14-38-28(43)30(3)16-46-25-22(30)12-23(39-24(25)17-5-8-20(33)9-6-17)31(45,32(34,35)36)15-37-26(41)18-7-10-21-19(11-18)13-40(4)27(21)42/h5-12,44-45H,13-16H2,1-4H3,(H,37,41)(H,38,43)/t30-,31-/m0/s1. The van der Waals surface area contributed by atoms with E-state index in [-0.39, 0.29) is 53.7 Å². The maximum atomic E-state index is 14.8. The molecule has 14 heteroatoms. The number of benzene rings is 2. The smallest absolute Gasteiger partial charge is 0.424 e. The first-order valence-corrected chi connectivity index (χ1v) is 14.3. The Morgan fingerprint density at radius 1 is 1.04 bits per heavy atom. The molecule has 46 heavy (non-hydrogen) atoms. The van der Waals surface area contributed by atoms with Gasteiger partial charge in [-0.3, -0.25) is 14.4 Å². The second-order valence-electron chi connectivity index (χ2n) is 12.4. The fourth-order valence-electron chi connectivity index (χ4n) is 5.33. The molecule has 0 radical (unpaired) electrons. The number of carbonyl (C=O) groups is 3. The van der Waals surface area contributed by atoms with Crippen molar-refractivity contribution in [2.75, 3.05) is 26.7 Å². The van der Waals surface area contributed by atoms with Gasteiger partial charge in [-0.05, 0) is 74.9 Å². The van der Waals surface area contributed by atoms with Gasteiger partial charge in [-0.15, -0.1) is 0 Å². The lowest BCUT2D eigenvalue weighted by molar-refractivity contribution is -0.265. The summed E-state index contributed by atoms with van der Waals surface area (Å²) in [5, 5.41) is 26.1. The number of hydrogen-bond donors (Lipinski definition) is 4. The maximum absolute atomic E-state index is 14.8. The van der Waals surface area contributed by atoms with Gasteiger partial charge in [0.05, 0.1) is 17.8 Å². The van der Waals surface area contributed by atoms with E-state index in [1.54, 1.807) is 7.05 Å². The van der Waals surface area contributed by atoms with E-state index >= 15 is 0 Å². The predicted octanol–water partition coefficient (Wildman–Crippen LogP) is 3.19. The number of halogens is 4. The summed E-state index contributed by atoms with van der Waals surface area (Å²) in [5.74, 6) is -2.52. The molecular weight excluding hydrogens is 612 g/mol. The predicted molar refractivity (Wildman–Crippen MR) is 156 cm³/mol. The molecule has 244 valence electrons. The number of rotatable bonds is 8. The number of alkyl halides is 3. The van der Waals surface area contributed by atoms with Crippen LogP contribution in [0.5, 0.6) is 5.75 Å². The van der Waals surface area contributed by atoms with Gasteiger partial charge in [0, 0.05) is 42.4 Å². The highest BCUT2D eigenvalue weighted by Gasteiger charge is 2.58. The van der Waals surface area contributed by atoms with Crippen LogP contribution in [0.15, 0.2) is 48.5 Å². The summed E-state index contributed by atoms with van der Waals surface area (Å²) in [6.07, 6.45) is -5.38. The zero-order valence-electron chi connectivity index (χ0n) is 25.4. The van der Waals surface area contributed by atoms with Crippen LogP contribution in [0, 0.1) is 5.82 Å². The van der Waals surface area contributed by atoms with Crippen molar-refractivity contribution in [1.29, 1.82) is 0 Å². The summed E-state index contributed by atoms with van der Waals surface area (Å²) >= 11 is 0. The highest BCUT2D eigenvalue weighted by atomic mass is 19.4. The van der Waals surface area contributed by atoms with Gasteiger partial charge >= 0.3 is 6.18 Å². The Balaban J connectivity index is 1.56. The van der Waals surface area contributed by atoms with Gasteiger partial charge in [0.15, 0.2) is 0 Å². The van der Waals surface area contributed by atoms with E-state index in [1.165, 1.54) is 56.0 Å². The van der Waals surface area contributed by atoms with Crippen LogP contribution >= 0.6 is 0 Å². The molecule has 5 rings (SSSR count). The molecule has 0 spiro atoms. The van der Waals surface area contributed by atoms with Gasteiger partial charge in [0.2, 0.25) is 11.5 Å². The van der Waals surface area contributed by atoms with Crippen LogP contribution in [0.2, 0.25) is 0 Å². The molecule has 1 aromatic heterocycles. The summed E-state index contributed by atoms with van der Waals surface area (Å²) in [6.45, 7) is 2.73. The zero-order chi connectivity index (χ0) is 33.8. The number of carbonyl (C=O) groups excluding carboxylic acids is 3. The van der Waals surface area contributed by atoms with E-state index < -0.39 is 52.7 Å². The minimum absolute atomic E-state index is 0.0234. The summed E-state index contributed by atoms with van der Waals surface area (Å²) < 4.78 is 63.9. The minimum atomic E-state index is -5.38. The summed E-state index contributed by atoms with van der Waals surface area (Å²) in [4.78, 5) is 44.2. The van der Waals surface area contributed by atoms with Crippen molar-refractivity contribution < 1.29 is 46.9 Å².